The largest absolute Gasteiger partial charge is 0.314 e. The smallest absolute Gasteiger partial charge is 0.294 e. The number of nitrogens with zero attached hydrogens (tertiary/aromatic N) is 2. The van der Waals surface area contributed by atoms with Gasteiger partial charge in [0, 0.05) is 17.1 Å². The van der Waals surface area contributed by atoms with Crippen molar-refractivity contribution in [2.24, 2.45) is 0 Å². The van der Waals surface area contributed by atoms with Crippen LogP contribution in [-0.2, 0) is 4.79 Å². The fourth-order valence-electron chi connectivity index (χ4n) is 2.46. The SMILES string of the molecule is C#CCN1C(=O)S/C(=C\c2ccc(C)n2-c2ccccc2)C1=O. The van der Waals surface area contributed by atoms with Crippen LogP contribution in [0.3, 0.4) is 0 Å². The lowest BCUT2D eigenvalue weighted by molar-refractivity contribution is -0.122. The summed E-state index contributed by atoms with van der Waals surface area (Å²) < 4.78 is 2.04. The number of aryl methyl sites for hydroxylation is 1. The number of hydrogen-bond acceptors (Lipinski definition) is 3. The maximum Gasteiger partial charge on any atom is 0.294 e. The Morgan fingerprint density at radius 1 is 1.17 bits per heavy atom. The van der Waals surface area contributed by atoms with E-state index in [1.807, 2.05) is 54.0 Å². The Morgan fingerprint density at radius 3 is 2.61 bits per heavy atom. The van der Waals surface area contributed by atoms with Gasteiger partial charge in [-0.15, -0.1) is 6.42 Å². The third kappa shape index (κ3) is 2.81. The molecular weight excluding hydrogens is 308 g/mol. The maximum atomic E-state index is 12.3. The van der Waals surface area contributed by atoms with E-state index in [2.05, 4.69) is 5.92 Å². The molecule has 4 nitrogen and oxygen atoms in total. The van der Waals surface area contributed by atoms with E-state index in [1.54, 1.807) is 6.08 Å². The molecule has 0 bridgehead atoms. The van der Waals surface area contributed by atoms with Gasteiger partial charge in [-0.3, -0.25) is 14.5 Å². The van der Waals surface area contributed by atoms with Crippen LogP contribution in [0.2, 0.25) is 0 Å². The summed E-state index contributed by atoms with van der Waals surface area (Å²) in [5.74, 6) is 2.00. The summed E-state index contributed by atoms with van der Waals surface area (Å²) in [6, 6.07) is 13.8. The number of benzene rings is 1. The molecule has 3 rings (SSSR count). The monoisotopic (exact) mass is 322 g/mol. The first kappa shape index (κ1) is 15.2. The van der Waals surface area contributed by atoms with Gasteiger partial charge in [-0.05, 0) is 49.0 Å². The maximum absolute atomic E-state index is 12.3. The third-order valence-corrected chi connectivity index (χ3v) is 4.43. The first-order chi connectivity index (χ1) is 11.1. The number of hydrogen-bond donors (Lipinski definition) is 0. The molecule has 1 aromatic carbocycles. The standard InChI is InChI=1S/C18H14N2O2S/c1-3-11-19-17(21)16(23-18(19)22)12-15-10-9-13(2)20(15)14-7-5-4-6-8-14/h1,4-10,12H,11H2,2H3/b16-12-. The zero-order chi connectivity index (χ0) is 16.4. The Bertz CT molecular complexity index is 844. The quantitative estimate of drug-likeness (QED) is 0.642. The molecule has 2 heterocycles. The van der Waals surface area contributed by atoms with Gasteiger partial charge >= 0.3 is 0 Å². The topological polar surface area (TPSA) is 42.3 Å². The van der Waals surface area contributed by atoms with Gasteiger partial charge in [0.25, 0.3) is 11.1 Å². The molecule has 0 N–H and O–H groups in total. The van der Waals surface area contributed by atoms with Gasteiger partial charge in [0.05, 0.1) is 11.4 Å². The molecule has 1 saturated heterocycles. The van der Waals surface area contributed by atoms with E-state index in [9.17, 15) is 9.59 Å². The van der Waals surface area contributed by atoms with Crippen molar-refractivity contribution in [1.82, 2.24) is 9.47 Å². The molecule has 1 fully saturated rings. The second-order valence-electron chi connectivity index (χ2n) is 5.04. The van der Waals surface area contributed by atoms with Crippen LogP contribution < -0.4 is 0 Å². The van der Waals surface area contributed by atoms with Crippen LogP contribution >= 0.6 is 11.8 Å². The van der Waals surface area contributed by atoms with Crippen molar-refractivity contribution in [2.45, 2.75) is 6.92 Å². The fraction of sp³-hybridized carbons (Fsp3) is 0.111. The molecule has 23 heavy (non-hydrogen) atoms. The van der Waals surface area contributed by atoms with E-state index in [4.69, 9.17) is 6.42 Å². The average Bonchev–Trinajstić information content (AvgIpc) is 3.04. The second kappa shape index (κ2) is 6.19. The summed E-state index contributed by atoms with van der Waals surface area (Å²) in [5, 5.41) is -0.325. The minimum atomic E-state index is -0.337. The number of aromatic nitrogens is 1. The highest BCUT2D eigenvalue weighted by Gasteiger charge is 2.34. The van der Waals surface area contributed by atoms with Crippen LogP contribution in [0, 0.1) is 19.3 Å². The minimum absolute atomic E-state index is 0.000726. The molecule has 0 spiro atoms. The molecule has 0 aliphatic carbocycles. The van der Waals surface area contributed by atoms with Crippen LogP contribution in [0.1, 0.15) is 11.4 Å². The van der Waals surface area contributed by atoms with Gasteiger partial charge in [0.15, 0.2) is 0 Å². The predicted octanol–water partition coefficient (Wildman–Crippen LogP) is 3.46. The number of rotatable bonds is 3. The molecule has 1 aliphatic heterocycles. The predicted molar refractivity (Wildman–Crippen MR) is 92.0 cm³/mol. The van der Waals surface area contributed by atoms with Crippen LogP contribution in [-0.4, -0.2) is 27.2 Å². The molecule has 0 unspecified atom stereocenters. The van der Waals surface area contributed by atoms with Crippen molar-refractivity contribution in [1.29, 1.82) is 0 Å². The van der Waals surface area contributed by atoms with Crippen molar-refractivity contribution in [3.63, 3.8) is 0 Å². The number of carbonyl (C=O) groups is 2. The molecule has 1 aliphatic rings. The zero-order valence-electron chi connectivity index (χ0n) is 12.5. The number of carbonyl (C=O) groups excluding carboxylic acids is 2. The van der Waals surface area contributed by atoms with Crippen LogP contribution in [0.25, 0.3) is 11.8 Å². The van der Waals surface area contributed by atoms with Gasteiger partial charge in [0.1, 0.15) is 0 Å². The van der Waals surface area contributed by atoms with E-state index < -0.39 is 0 Å². The first-order valence-electron chi connectivity index (χ1n) is 7.04. The van der Waals surface area contributed by atoms with Crippen LogP contribution in [0.4, 0.5) is 4.79 Å². The number of terminal acetylenes is 1. The second-order valence-corrected chi connectivity index (χ2v) is 6.04. The summed E-state index contributed by atoms with van der Waals surface area (Å²) in [6.45, 7) is 2.00. The highest BCUT2D eigenvalue weighted by atomic mass is 32.2. The Kier molecular flexibility index (Phi) is 4.09. The first-order valence-corrected chi connectivity index (χ1v) is 7.86. The minimum Gasteiger partial charge on any atom is -0.314 e. The van der Waals surface area contributed by atoms with Crippen molar-refractivity contribution in [3.05, 3.63) is 58.8 Å². The lowest BCUT2D eigenvalue weighted by Gasteiger charge is -2.10. The molecule has 5 heteroatoms. The highest BCUT2D eigenvalue weighted by Crippen LogP contribution is 2.32. The Morgan fingerprint density at radius 2 is 1.91 bits per heavy atom. The summed E-state index contributed by atoms with van der Waals surface area (Å²) in [7, 11) is 0. The molecule has 0 saturated carbocycles. The average molecular weight is 322 g/mol. The van der Waals surface area contributed by atoms with Gasteiger partial charge in [-0.1, -0.05) is 24.1 Å². The highest BCUT2D eigenvalue weighted by molar-refractivity contribution is 8.18. The molecule has 1 aromatic heterocycles. The Balaban J connectivity index is 2.01. The molecule has 0 radical (unpaired) electrons. The fourth-order valence-corrected chi connectivity index (χ4v) is 3.29. The normalized spacial score (nSPS) is 16.2. The lowest BCUT2D eigenvalue weighted by Crippen LogP contribution is -2.28. The van der Waals surface area contributed by atoms with Crippen molar-refractivity contribution in [3.8, 4) is 18.0 Å². The lowest BCUT2D eigenvalue weighted by atomic mass is 10.3. The summed E-state index contributed by atoms with van der Waals surface area (Å²) in [4.78, 5) is 25.6. The zero-order valence-corrected chi connectivity index (χ0v) is 13.3. The number of amides is 2. The van der Waals surface area contributed by atoms with Crippen molar-refractivity contribution >= 4 is 29.0 Å². The number of thioether (sulfide) groups is 1. The van der Waals surface area contributed by atoms with Gasteiger partial charge in [-0.25, -0.2) is 0 Å². The van der Waals surface area contributed by atoms with Crippen LogP contribution in [0.15, 0.2) is 47.4 Å². The molecule has 2 amide bonds. The number of para-hydroxylation sites is 1. The van der Waals surface area contributed by atoms with E-state index in [-0.39, 0.29) is 17.7 Å². The Labute approximate surface area is 138 Å². The van der Waals surface area contributed by atoms with E-state index in [0.29, 0.717) is 4.91 Å². The molecular formula is C18H14N2O2S. The summed E-state index contributed by atoms with van der Waals surface area (Å²) >= 11 is 0.919. The van der Waals surface area contributed by atoms with E-state index in [1.165, 1.54) is 0 Å². The summed E-state index contributed by atoms with van der Waals surface area (Å²) in [5.41, 5.74) is 2.90. The van der Waals surface area contributed by atoms with Crippen molar-refractivity contribution < 1.29 is 9.59 Å². The summed E-state index contributed by atoms with van der Waals surface area (Å²) in [6.07, 6.45) is 6.94. The van der Waals surface area contributed by atoms with E-state index >= 15 is 0 Å². The van der Waals surface area contributed by atoms with Gasteiger partial charge < -0.3 is 4.57 Å². The molecule has 2 aromatic rings. The van der Waals surface area contributed by atoms with Crippen LogP contribution in [0.5, 0.6) is 0 Å². The van der Waals surface area contributed by atoms with Crippen molar-refractivity contribution in [2.75, 3.05) is 6.54 Å². The molecule has 114 valence electrons. The Hall–Kier alpha value is -2.71. The number of imide groups is 1. The van der Waals surface area contributed by atoms with Gasteiger partial charge in [-0.2, -0.15) is 0 Å². The van der Waals surface area contributed by atoms with Gasteiger partial charge in [0.2, 0.25) is 0 Å². The molecule has 0 atom stereocenters. The third-order valence-electron chi connectivity index (χ3n) is 3.52. The van der Waals surface area contributed by atoms with E-state index in [0.717, 1.165) is 33.7 Å².